The molecular formula is C19H14N2OS. The van der Waals surface area contributed by atoms with Gasteiger partial charge in [-0.2, -0.15) is 5.26 Å². The predicted molar refractivity (Wildman–Crippen MR) is 93.3 cm³/mol. The predicted octanol–water partition coefficient (Wildman–Crippen LogP) is 4.68. The van der Waals surface area contributed by atoms with Crippen molar-refractivity contribution in [2.45, 2.75) is 19.4 Å². The number of hydrogen-bond acceptors (Lipinski definition) is 4. The van der Waals surface area contributed by atoms with Gasteiger partial charge in [0.15, 0.2) is 0 Å². The smallest absolute Gasteiger partial charge is 0.135 e. The molecule has 1 atom stereocenters. The van der Waals surface area contributed by atoms with Crippen LogP contribution in [0.15, 0.2) is 42.5 Å². The van der Waals surface area contributed by atoms with Gasteiger partial charge in [0.1, 0.15) is 22.9 Å². The molecule has 4 rings (SSSR count). The quantitative estimate of drug-likeness (QED) is 0.644. The maximum atomic E-state index is 9.53. The Morgan fingerprint density at radius 3 is 3.04 bits per heavy atom. The van der Waals surface area contributed by atoms with E-state index in [2.05, 4.69) is 24.0 Å². The summed E-state index contributed by atoms with van der Waals surface area (Å²) in [5, 5.41) is 10.3. The molecule has 0 saturated heterocycles. The number of para-hydroxylation sites is 1. The van der Waals surface area contributed by atoms with Crippen LogP contribution in [0.2, 0.25) is 0 Å². The molecule has 0 aliphatic carbocycles. The van der Waals surface area contributed by atoms with Gasteiger partial charge in [-0.3, -0.25) is 0 Å². The van der Waals surface area contributed by atoms with E-state index in [9.17, 15) is 5.26 Å². The Bertz CT molecular complexity index is 932. The third-order valence-corrected chi connectivity index (χ3v) is 4.95. The molecule has 112 valence electrons. The number of thiazole rings is 1. The Labute approximate surface area is 138 Å². The maximum absolute atomic E-state index is 9.53. The largest absolute Gasteiger partial charge is 0.490 e. The fraction of sp³-hybridized carbons (Fsp3) is 0.158. The number of fused-ring (bicyclic) bond motifs is 2. The van der Waals surface area contributed by atoms with Crippen LogP contribution in [0.25, 0.3) is 21.9 Å². The fourth-order valence-corrected chi connectivity index (χ4v) is 3.76. The molecule has 0 radical (unpaired) electrons. The molecule has 0 spiro atoms. The second-order valence-corrected chi connectivity index (χ2v) is 6.69. The van der Waals surface area contributed by atoms with Gasteiger partial charge in [-0.1, -0.05) is 18.2 Å². The molecule has 0 N–H and O–H groups in total. The van der Waals surface area contributed by atoms with Crippen molar-refractivity contribution in [3.8, 4) is 11.8 Å². The van der Waals surface area contributed by atoms with E-state index in [0.29, 0.717) is 5.57 Å². The average Bonchev–Trinajstić information content (AvgIpc) is 3.14. The topological polar surface area (TPSA) is 45.9 Å². The third-order valence-electron chi connectivity index (χ3n) is 3.88. The number of ether oxygens (including phenoxy) is 1. The summed E-state index contributed by atoms with van der Waals surface area (Å²) in [5.41, 5.74) is 3.74. The molecule has 0 fully saturated rings. The van der Waals surface area contributed by atoms with Gasteiger partial charge in [0.25, 0.3) is 0 Å². The van der Waals surface area contributed by atoms with Crippen molar-refractivity contribution < 1.29 is 4.74 Å². The van der Waals surface area contributed by atoms with Crippen LogP contribution in [-0.4, -0.2) is 11.1 Å². The lowest BCUT2D eigenvalue weighted by Gasteiger charge is -2.02. The molecule has 4 heteroatoms. The number of allylic oxidation sites excluding steroid dienone is 1. The monoisotopic (exact) mass is 318 g/mol. The summed E-state index contributed by atoms with van der Waals surface area (Å²) in [6.07, 6.45) is 3.05. The summed E-state index contributed by atoms with van der Waals surface area (Å²) in [6.45, 7) is 2.07. The highest BCUT2D eigenvalue weighted by Gasteiger charge is 2.18. The summed E-state index contributed by atoms with van der Waals surface area (Å²) >= 11 is 1.55. The first-order chi connectivity index (χ1) is 11.2. The molecule has 0 saturated carbocycles. The van der Waals surface area contributed by atoms with Crippen molar-refractivity contribution in [3.05, 3.63) is 58.6 Å². The van der Waals surface area contributed by atoms with Gasteiger partial charge in [-0.15, -0.1) is 11.3 Å². The SMILES string of the molecule is C[C@@H]1Cc2cc(/C=C(\C#N)c3nc4ccccc4s3)ccc2O1. The van der Waals surface area contributed by atoms with E-state index in [0.717, 1.165) is 33.0 Å². The van der Waals surface area contributed by atoms with Crippen LogP contribution in [0.3, 0.4) is 0 Å². The van der Waals surface area contributed by atoms with Crippen molar-refractivity contribution in [2.75, 3.05) is 0 Å². The lowest BCUT2D eigenvalue weighted by Crippen LogP contribution is -2.05. The van der Waals surface area contributed by atoms with Crippen molar-refractivity contribution in [1.29, 1.82) is 5.26 Å². The van der Waals surface area contributed by atoms with E-state index >= 15 is 0 Å². The van der Waals surface area contributed by atoms with Gasteiger partial charge in [0.2, 0.25) is 0 Å². The molecule has 0 unspecified atom stereocenters. The molecule has 2 aromatic carbocycles. The van der Waals surface area contributed by atoms with Crippen LogP contribution in [0, 0.1) is 11.3 Å². The second kappa shape index (κ2) is 5.53. The number of rotatable bonds is 2. The minimum atomic E-state index is 0.226. The zero-order valence-electron chi connectivity index (χ0n) is 12.6. The highest BCUT2D eigenvalue weighted by atomic mass is 32.1. The lowest BCUT2D eigenvalue weighted by atomic mass is 10.1. The second-order valence-electron chi connectivity index (χ2n) is 5.66. The Morgan fingerprint density at radius 2 is 2.22 bits per heavy atom. The maximum Gasteiger partial charge on any atom is 0.135 e. The van der Waals surface area contributed by atoms with Gasteiger partial charge < -0.3 is 4.74 Å². The van der Waals surface area contributed by atoms with E-state index in [1.807, 2.05) is 42.5 Å². The number of nitrogens with zero attached hydrogens (tertiary/aromatic N) is 2. The van der Waals surface area contributed by atoms with E-state index < -0.39 is 0 Å². The average molecular weight is 318 g/mol. The molecule has 1 aliphatic heterocycles. The minimum absolute atomic E-state index is 0.226. The highest BCUT2D eigenvalue weighted by molar-refractivity contribution is 7.19. The Morgan fingerprint density at radius 1 is 1.35 bits per heavy atom. The van der Waals surface area contributed by atoms with Gasteiger partial charge in [0, 0.05) is 6.42 Å². The number of aromatic nitrogens is 1. The standard InChI is InChI=1S/C19H14N2OS/c1-12-8-14-9-13(6-7-17(14)22-12)10-15(11-20)19-21-16-4-2-3-5-18(16)23-19/h2-7,9-10,12H,8H2,1H3/b15-10+/t12-/m1/s1. The Hall–Kier alpha value is -2.64. The van der Waals surface area contributed by atoms with Crippen molar-refractivity contribution in [2.24, 2.45) is 0 Å². The fourth-order valence-electron chi connectivity index (χ4n) is 2.83. The zero-order valence-corrected chi connectivity index (χ0v) is 13.4. The van der Waals surface area contributed by atoms with Gasteiger partial charge in [-0.05, 0) is 48.4 Å². The van der Waals surface area contributed by atoms with E-state index in [1.165, 1.54) is 5.56 Å². The summed E-state index contributed by atoms with van der Waals surface area (Å²) in [6, 6.07) is 16.3. The van der Waals surface area contributed by atoms with Gasteiger partial charge >= 0.3 is 0 Å². The minimum Gasteiger partial charge on any atom is -0.490 e. The molecule has 3 nitrogen and oxygen atoms in total. The highest BCUT2D eigenvalue weighted by Crippen LogP contribution is 2.32. The summed E-state index contributed by atoms with van der Waals surface area (Å²) < 4.78 is 6.82. The molecular weight excluding hydrogens is 304 g/mol. The van der Waals surface area contributed by atoms with Crippen LogP contribution in [0.4, 0.5) is 0 Å². The number of hydrogen-bond donors (Lipinski definition) is 0. The van der Waals surface area contributed by atoms with Crippen molar-refractivity contribution >= 4 is 33.2 Å². The first-order valence-corrected chi connectivity index (χ1v) is 8.32. The molecule has 0 amide bonds. The van der Waals surface area contributed by atoms with E-state index in [-0.39, 0.29) is 6.10 Å². The summed E-state index contributed by atoms with van der Waals surface area (Å²) in [5.74, 6) is 0.952. The molecule has 2 heterocycles. The number of benzene rings is 2. The third kappa shape index (κ3) is 2.60. The van der Waals surface area contributed by atoms with Gasteiger partial charge in [0.05, 0.1) is 15.8 Å². The van der Waals surface area contributed by atoms with Crippen LogP contribution in [-0.2, 0) is 6.42 Å². The van der Waals surface area contributed by atoms with Crippen molar-refractivity contribution in [3.63, 3.8) is 0 Å². The molecule has 1 aliphatic rings. The molecule has 1 aromatic heterocycles. The zero-order chi connectivity index (χ0) is 15.8. The number of nitriles is 1. The van der Waals surface area contributed by atoms with Crippen molar-refractivity contribution in [1.82, 2.24) is 4.98 Å². The Balaban J connectivity index is 1.74. The van der Waals surface area contributed by atoms with Gasteiger partial charge in [-0.25, -0.2) is 4.98 Å². The summed E-state index contributed by atoms with van der Waals surface area (Å²) in [7, 11) is 0. The van der Waals surface area contributed by atoms with E-state index in [1.54, 1.807) is 11.3 Å². The lowest BCUT2D eigenvalue weighted by molar-refractivity contribution is 0.254. The Kier molecular flexibility index (Phi) is 3.36. The summed E-state index contributed by atoms with van der Waals surface area (Å²) in [4.78, 5) is 4.57. The van der Waals surface area contributed by atoms with Crippen LogP contribution < -0.4 is 4.74 Å². The first kappa shape index (κ1) is 14.0. The first-order valence-electron chi connectivity index (χ1n) is 7.50. The van der Waals surface area contributed by atoms with Crippen LogP contribution in [0.1, 0.15) is 23.1 Å². The van der Waals surface area contributed by atoms with E-state index in [4.69, 9.17) is 4.74 Å². The van der Waals surface area contributed by atoms with Crippen LogP contribution >= 0.6 is 11.3 Å². The molecule has 3 aromatic rings. The van der Waals surface area contributed by atoms with Crippen LogP contribution in [0.5, 0.6) is 5.75 Å². The molecule has 0 bridgehead atoms. The molecule has 23 heavy (non-hydrogen) atoms. The normalized spacial score (nSPS) is 16.9.